The number of aryl methyl sites for hydroxylation is 1. The highest BCUT2D eigenvalue weighted by atomic mass is 32.2. The second kappa shape index (κ2) is 11.8. The molecule has 0 spiro atoms. The summed E-state index contributed by atoms with van der Waals surface area (Å²) in [6.07, 6.45) is 8.95. The first-order valence-corrected chi connectivity index (χ1v) is 16.9. The molecule has 1 saturated carbocycles. The average molecular weight is 573 g/mol. The number of amides is 3. The minimum atomic E-state index is -3.58. The lowest BCUT2D eigenvalue weighted by Gasteiger charge is -2.36. The van der Waals surface area contributed by atoms with E-state index in [0.29, 0.717) is 19.4 Å². The number of nitrogens with zero attached hydrogens (tertiary/aromatic N) is 2. The van der Waals surface area contributed by atoms with E-state index < -0.39 is 34.1 Å². The van der Waals surface area contributed by atoms with Gasteiger partial charge in [0.15, 0.2) is 0 Å². The normalized spacial score (nSPS) is 28.5. The van der Waals surface area contributed by atoms with E-state index in [2.05, 4.69) is 16.7 Å². The third-order valence-corrected chi connectivity index (χ3v) is 11.1. The number of carbonyl (C=O) groups is 3. The van der Waals surface area contributed by atoms with E-state index >= 15 is 0 Å². The quantitative estimate of drug-likeness (QED) is 0.497. The van der Waals surface area contributed by atoms with Crippen molar-refractivity contribution in [1.29, 1.82) is 0 Å². The van der Waals surface area contributed by atoms with Crippen LogP contribution in [0.1, 0.15) is 82.4 Å². The number of benzene rings is 1. The van der Waals surface area contributed by atoms with Gasteiger partial charge in [-0.15, -0.1) is 0 Å². The van der Waals surface area contributed by atoms with Crippen molar-refractivity contribution in [2.45, 2.75) is 95.8 Å². The van der Waals surface area contributed by atoms with Gasteiger partial charge in [-0.3, -0.25) is 14.4 Å². The maximum atomic E-state index is 14.3. The molecule has 0 bridgehead atoms. The van der Waals surface area contributed by atoms with E-state index in [1.54, 1.807) is 4.90 Å². The monoisotopic (exact) mass is 572 g/mol. The predicted molar refractivity (Wildman–Crippen MR) is 153 cm³/mol. The van der Waals surface area contributed by atoms with E-state index in [4.69, 9.17) is 0 Å². The lowest BCUT2D eigenvalue weighted by Crippen LogP contribution is -2.57. The molecule has 9 nitrogen and oxygen atoms in total. The minimum absolute atomic E-state index is 0.0444. The summed E-state index contributed by atoms with van der Waals surface area (Å²) in [5.74, 6) is -1.33. The molecule has 0 unspecified atom stereocenters. The molecule has 2 aliphatic heterocycles. The van der Waals surface area contributed by atoms with Gasteiger partial charge in [-0.25, -0.2) is 8.42 Å². The minimum Gasteiger partial charge on any atom is -0.349 e. The Morgan fingerprint density at radius 3 is 2.48 bits per heavy atom. The zero-order chi connectivity index (χ0) is 28.6. The Labute approximate surface area is 238 Å². The van der Waals surface area contributed by atoms with Gasteiger partial charge in [-0.1, -0.05) is 57.4 Å². The van der Waals surface area contributed by atoms with Crippen LogP contribution in [0.2, 0.25) is 0 Å². The fourth-order valence-corrected chi connectivity index (χ4v) is 8.56. The van der Waals surface area contributed by atoms with Gasteiger partial charge in [0.1, 0.15) is 6.04 Å². The molecule has 6 atom stereocenters. The molecule has 3 amide bonds. The molecule has 0 radical (unpaired) electrons. The highest BCUT2D eigenvalue weighted by Gasteiger charge is 2.56. The van der Waals surface area contributed by atoms with Crippen molar-refractivity contribution in [2.75, 3.05) is 19.3 Å². The zero-order valence-corrected chi connectivity index (χ0v) is 24.8. The molecule has 2 saturated heterocycles. The lowest BCUT2D eigenvalue weighted by molar-refractivity contribution is -0.141. The molecule has 1 aromatic carbocycles. The number of rotatable bonds is 8. The van der Waals surface area contributed by atoms with Crippen molar-refractivity contribution >= 4 is 27.7 Å². The lowest BCUT2D eigenvalue weighted by atomic mass is 9.82. The molecule has 5 rings (SSSR count). The van der Waals surface area contributed by atoms with Crippen molar-refractivity contribution in [3.8, 4) is 0 Å². The number of carbonyl (C=O) groups excluding carboxylic acids is 3. The van der Waals surface area contributed by atoms with Crippen LogP contribution in [0.3, 0.4) is 0 Å². The second-order valence-electron chi connectivity index (χ2n) is 12.3. The Kier molecular flexibility index (Phi) is 8.57. The van der Waals surface area contributed by atoms with E-state index in [0.717, 1.165) is 50.5 Å². The molecule has 1 aromatic rings. The number of hydrogen-bond donors (Lipinski definition) is 2. The summed E-state index contributed by atoms with van der Waals surface area (Å²) in [6, 6.07) is 6.31. The Morgan fingerprint density at radius 1 is 1.05 bits per heavy atom. The Balaban J connectivity index is 1.41. The third-order valence-electron chi connectivity index (χ3n) is 9.82. The van der Waals surface area contributed by atoms with Crippen LogP contribution in [-0.2, 0) is 30.8 Å². The van der Waals surface area contributed by atoms with Gasteiger partial charge >= 0.3 is 0 Å². The summed E-state index contributed by atoms with van der Waals surface area (Å²) in [5.41, 5.74) is 2.33. The van der Waals surface area contributed by atoms with Gasteiger partial charge in [-0.05, 0) is 55.6 Å². The van der Waals surface area contributed by atoms with E-state index in [9.17, 15) is 22.8 Å². The number of likely N-dealkylation sites (tertiary alicyclic amines) is 1. The summed E-state index contributed by atoms with van der Waals surface area (Å²) in [6.45, 7) is 4.26. The molecule has 40 heavy (non-hydrogen) atoms. The molecular formula is C30H44N4O5S. The number of fused-ring (bicyclic) bond motifs is 2. The predicted octanol–water partition coefficient (Wildman–Crippen LogP) is 2.76. The molecule has 3 fully saturated rings. The Hall–Kier alpha value is -2.46. The van der Waals surface area contributed by atoms with E-state index in [1.165, 1.54) is 16.1 Å². The summed E-state index contributed by atoms with van der Waals surface area (Å²) < 4.78 is 27.0. The first-order valence-electron chi connectivity index (χ1n) is 15.1. The van der Waals surface area contributed by atoms with E-state index in [-0.39, 0.29) is 42.1 Å². The van der Waals surface area contributed by atoms with Gasteiger partial charge in [0.25, 0.3) is 0 Å². The van der Waals surface area contributed by atoms with Crippen LogP contribution in [0.4, 0.5) is 0 Å². The smallest absolute Gasteiger partial charge is 0.245 e. The highest BCUT2D eigenvalue weighted by molar-refractivity contribution is 7.88. The zero-order valence-electron chi connectivity index (χ0n) is 24.0. The van der Waals surface area contributed by atoms with Crippen LogP contribution in [-0.4, -0.2) is 72.8 Å². The van der Waals surface area contributed by atoms with Crippen LogP contribution in [0.15, 0.2) is 24.3 Å². The van der Waals surface area contributed by atoms with Gasteiger partial charge in [0, 0.05) is 25.0 Å². The van der Waals surface area contributed by atoms with Crippen LogP contribution < -0.4 is 10.6 Å². The number of hydrogen-bond acceptors (Lipinski definition) is 5. The Morgan fingerprint density at radius 2 is 1.77 bits per heavy atom. The molecule has 220 valence electrons. The van der Waals surface area contributed by atoms with Gasteiger partial charge in [0.2, 0.25) is 27.7 Å². The van der Waals surface area contributed by atoms with Gasteiger partial charge < -0.3 is 15.5 Å². The van der Waals surface area contributed by atoms with Crippen molar-refractivity contribution in [1.82, 2.24) is 19.8 Å². The van der Waals surface area contributed by atoms with E-state index in [1.807, 2.05) is 32.0 Å². The van der Waals surface area contributed by atoms with Crippen molar-refractivity contribution < 1.29 is 22.8 Å². The van der Waals surface area contributed by atoms with Gasteiger partial charge in [-0.2, -0.15) is 4.31 Å². The summed E-state index contributed by atoms with van der Waals surface area (Å²) >= 11 is 0. The third kappa shape index (κ3) is 5.66. The molecular weight excluding hydrogens is 528 g/mol. The van der Waals surface area contributed by atoms with Crippen LogP contribution >= 0.6 is 0 Å². The van der Waals surface area contributed by atoms with Crippen molar-refractivity contribution in [3.05, 3.63) is 35.4 Å². The summed E-state index contributed by atoms with van der Waals surface area (Å²) in [7, 11) is -3.58. The fourth-order valence-electron chi connectivity index (χ4n) is 7.41. The van der Waals surface area contributed by atoms with Crippen LogP contribution in [0, 0.1) is 17.8 Å². The molecule has 2 aliphatic carbocycles. The molecule has 4 aliphatic rings. The largest absolute Gasteiger partial charge is 0.349 e. The van der Waals surface area contributed by atoms with Crippen molar-refractivity contribution in [2.24, 2.45) is 17.8 Å². The molecule has 2 heterocycles. The first kappa shape index (κ1) is 29.0. The molecule has 2 N–H and O–H groups in total. The standard InChI is InChI=1S/C30H44N4O5S/c1-4-19(2)28(35)32-26(21-11-6-5-7-12-21)30(37)33-17-16-25-27(33)23(18-34(25)40(3,38)39)29(36)31-24-15-14-20-10-8-9-13-22(20)24/h8-10,13,19,21,23-27H,4-7,11-12,14-18H2,1-3H3,(H,31,36)(H,32,35)/t19-,23+,24-,25-,26+,27-/m1/s1. The average Bonchev–Trinajstić information content (AvgIpc) is 3.65. The first-order chi connectivity index (χ1) is 19.1. The number of sulfonamides is 1. The van der Waals surface area contributed by atoms with Crippen molar-refractivity contribution in [3.63, 3.8) is 0 Å². The van der Waals surface area contributed by atoms with Crippen LogP contribution in [0.5, 0.6) is 0 Å². The molecule has 10 heteroatoms. The fraction of sp³-hybridized carbons (Fsp3) is 0.700. The maximum Gasteiger partial charge on any atom is 0.245 e. The van der Waals surface area contributed by atoms with Gasteiger partial charge in [0.05, 0.1) is 24.3 Å². The Bertz CT molecular complexity index is 1230. The highest BCUT2D eigenvalue weighted by Crippen LogP contribution is 2.40. The molecule has 0 aromatic heterocycles. The van der Waals surface area contributed by atoms with Crippen LogP contribution in [0.25, 0.3) is 0 Å². The number of nitrogens with one attached hydrogen (secondary N) is 2. The summed E-state index contributed by atoms with van der Waals surface area (Å²) in [4.78, 5) is 42.8. The topological polar surface area (TPSA) is 116 Å². The maximum absolute atomic E-state index is 14.3. The summed E-state index contributed by atoms with van der Waals surface area (Å²) in [5, 5.41) is 6.29. The second-order valence-corrected chi connectivity index (χ2v) is 14.2. The SMILES string of the molecule is CC[C@@H](C)C(=O)N[C@H](C(=O)N1CC[C@@H]2[C@H]1[C@@H](C(=O)N[C@@H]1CCc3ccccc31)CN2S(C)(=O)=O)C1CCCCC1.